The van der Waals surface area contributed by atoms with Gasteiger partial charge in [-0.25, -0.2) is 4.39 Å². The fraction of sp³-hybridized carbons (Fsp3) is 0.679. The number of nitrogens with zero attached hydrogens (tertiary/aromatic N) is 3. The third-order valence-corrected chi connectivity index (χ3v) is 19.7. The van der Waals surface area contributed by atoms with Crippen molar-refractivity contribution in [3.63, 3.8) is 0 Å². The SMILES string of the molecule is CCO[C@@H]1OC(=O)C[C@@H]1NC(=O)[C@@H]1Cc2cccc3c2N1C(=O)[C@@H](NC(=O)[C@@H](NC(=O)CCNC(=O)CCNC(=O)[C@@H](CCC(=O)O)NC(=O)CN1CCC(CNC[C]24CN(CC(=O)O2)[C]2(F)CNCC(=O)[O][Al]42)CC1)[C@@H](C)CC)CC3. The molecule has 0 aliphatic carbocycles. The normalized spacial score (nSPS) is 27.0. The summed E-state index contributed by atoms with van der Waals surface area (Å²) in [5, 5.41) is 31.7. The first-order chi connectivity index (χ1) is 39.2. The Hall–Kier alpha value is -6.35. The Morgan fingerprint density at radius 1 is 0.890 bits per heavy atom. The molecule has 448 valence electrons. The number of aliphatic carboxylic acids is 1. The van der Waals surface area contributed by atoms with Crippen LogP contribution in [-0.4, -0.2) is 219 Å². The molecule has 5 saturated heterocycles. The number of fused-ring (bicyclic) bond motifs is 5. The van der Waals surface area contributed by atoms with E-state index >= 15 is 4.39 Å². The van der Waals surface area contributed by atoms with E-state index in [9.17, 15) is 57.8 Å². The minimum Gasteiger partial charge on any atom is -0.611 e. The maximum absolute atomic E-state index is 16.3. The number of benzene rings is 1. The van der Waals surface area contributed by atoms with E-state index in [2.05, 4.69) is 42.5 Å². The predicted octanol–water partition coefficient (Wildman–Crippen LogP) is -3.14. The van der Waals surface area contributed by atoms with E-state index in [-0.39, 0.29) is 109 Å². The van der Waals surface area contributed by atoms with Crippen LogP contribution >= 0.6 is 0 Å². The Morgan fingerprint density at radius 2 is 1.63 bits per heavy atom. The lowest BCUT2D eigenvalue weighted by Crippen LogP contribution is -2.62. The van der Waals surface area contributed by atoms with Crippen LogP contribution in [0.1, 0.15) is 89.7 Å². The van der Waals surface area contributed by atoms with Gasteiger partial charge in [0.1, 0.15) is 34.7 Å². The molecule has 1 aromatic carbocycles. The van der Waals surface area contributed by atoms with Crippen molar-refractivity contribution in [3.8, 4) is 0 Å². The van der Waals surface area contributed by atoms with Crippen LogP contribution in [0.2, 0.25) is 0 Å². The summed E-state index contributed by atoms with van der Waals surface area (Å²) in [7, 11) is 0. The van der Waals surface area contributed by atoms with Crippen LogP contribution in [0, 0.1) is 11.8 Å². The number of likely N-dealkylation sites (tertiary alicyclic amines) is 1. The molecule has 7 aliphatic heterocycles. The molecule has 7 heterocycles. The van der Waals surface area contributed by atoms with Crippen LogP contribution in [0.15, 0.2) is 18.2 Å². The number of piperidine rings is 1. The zero-order valence-electron chi connectivity index (χ0n) is 46.5. The maximum atomic E-state index is 16.3. The lowest BCUT2D eigenvalue weighted by molar-refractivity contribution is -0.165. The number of hydrogen-bond donors (Lipinski definition) is 9. The Kier molecular flexibility index (Phi) is 20.6. The van der Waals surface area contributed by atoms with Crippen LogP contribution in [0.5, 0.6) is 0 Å². The number of carbonyl (C=O) groups is 11. The van der Waals surface area contributed by atoms with Crippen LogP contribution in [0.4, 0.5) is 10.1 Å². The first-order valence-electron chi connectivity index (χ1n) is 28.4. The van der Waals surface area contributed by atoms with Gasteiger partial charge in [-0.15, -0.1) is 0 Å². The Morgan fingerprint density at radius 3 is 2.38 bits per heavy atom. The topological polar surface area (TPSA) is 351 Å². The Labute approximate surface area is 477 Å². The second-order valence-electron chi connectivity index (χ2n) is 22.2. The van der Waals surface area contributed by atoms with E-state index in [1.807, 2.05) is 30.0 Å². The molecular formula is C53H75AlFN11O16. The monoisotopic (exact) mass is 1170 g/mol. The van der Waals surface area contributed by atoms with Crippen LogP contribution < -0.4 is 47.4 Å². The van der Waals surface area contributed by atoms with Gasteiger partial charge >= 0.3 is 32.4 Å². The average molecular weight is 1170 g/mol. The van der Waals surface area contributed by atoms with Crippen molar-refractivity contribution in [2.45, 2.75) is 137 Å². The summed E-state index contributed by atoms with van der Waals surface area (Å²) >= 11 is -3.10. The molecule has 1 aromatic rings. The molecule has 0 aromatic heterocycles. The van der Waals surface area contributed by atoms with Gasteiger partial charge in [-0.1, -0.05) is 38.5 Å². The summed E-state index contributed by atoms with van der Waals surface area (Å²) in [4.78, 5) is 148. The van der Waals surface area contributed by atoms with Gasteiger partial charge in [0.05, 0.1) is 31.7 Å². The number of anilines is 1. The molecule has 5 fully saturated rings. The van der Waals surface area contributed by atoms with Crippen molar-refractivity contribution in [2.24, 2.45) is 11.8 Å². The third kappa shape index (κ3) is 14.7. The van der Waals surface area contributed by atoms with Gasteiger partial charge in [0.2, 0.25) is 47.6 Å². The minimum atomic E-state index is -3.10. The number of carbonyl (C=O) groups excluding carboxylic acids is 10. The van der Waals surface area contributed by atoms with Gasteiger partial charge in [-0.05, 0) is 81.6 Å². The van der Waals surface area contributed by atoms with Crippen molar-refractivity contribution in [1.82, 2.24) is 52.3 Å². The van der Waals surface area contributed by atoms with Crippen molar-refractivity contribution in [1.29, 1.82) is 0 Å². The van der Waals surface area contributed by atoms with E-state index in [4.69, 9.17) is 18.0 Å². The van der Waals surface area contributed by atoms with E-state index in [0.29, 0.717) is 51.0 Å². The standard InChI is InChI=1S/C53H76FN11O16.Al/c1-4-30(3)47(51(77)60-36-10-9-32-7-6-8-33-21-38(65(48(32)33)52(36)78)50(76)61-37-22-45(73)81-53(37)79-5-2)62-41(67)14-17-57-40(66)13-18-58-49(75)35(11-12-43(69)70)59-42(68)28-63-19-15-31(16-20-63)23-55-24-34-27-64(29-46(74)80-34)39(54)25-56-26-44(71)72;/h6-8,30-31,35-38,47,53,55-56H,4-5,9-29H2,1-3H3,(H,57,66)(H,58,75)(H,59,68)(H,60,77)(H,61,76)(H,62,67)(H,69,70)(H,71,72);/q;+1/p-1/t30-,35+,36-,37-,38-,47-,53+;/m0./s1. The Bertz CT molecular complexity index is 2630. The first kappa shape index (κ1) is 61.7. The molecule has 9 N–H and O–H groups in total. The number of carboxylic acid groups (broad SMARTS) is 1. The number of esters is 2. The molecule has 0 saturated carbocycles. The van der Waals surface area contributed by atoms with Gasteiger partial charge < -0.3 is 65.6 Å². The summed E-state index contributed by atoms with van der Waals surface area (Å²) in [5.74, 6) is -6.94. The van der Waals surface area contributed by atoms with E-state index < -0.39 is 132 Å². The van der Waals surface area contributed by atoms with Crippen LogP contribution in [0.25, 0.3) is 0 Å². The smallest absolute Gasteiger partial charge is 0.611 e. The molecular weight excluding hydrogens is 1090 g/mol. The van der Waals surface area contributed by atoms with Gasteiger partial charge in [0.15, 0.2) is 4.65 Å². The highest BCUT2D eigenvalue weighted by Crippen LogP contribution is 2.43. The number of halogens is 1. The van der Waals surface area contributed by atoms with Gasteiger partial charge in [-0.3, -0.25) is 67.4 Å². The highest BCUT2D eigenvalue weighted by molar-refractivity contribution is 6.62. The summed E-state index contributed by atoms with van der Waals surface area (Å²) < 4.78 is 35.2. The fourth-order valence-corrected chi connectivity index (χ4v) is 15.3. The number of nitrogens with one attached hydrogen (secondary N) is 8. The maximum Gasteiger partial charge on any atom is 0.661 e. The van der Waals surface area contributed by atoms with Crippen molar-refractivity contribution in [2.75, 3.05) is 83.5 Å². The van der Waals surface area contributed by atoms with E-state index in [1.54, 1.807) is 13.8 Å². The number of aryl methyl sites for hydroxylation is 1. The number of alkyl halides is 1. The fourth-order valence-electron chi connectivity index (χ4n) is 12.0. The summed E-state index contributed by atoms with van der Waals surface area (Å²) in [6.45, 7) is 6.56. The zero-order chi connectivity index (χ0) is 58.9. The predicted molar refractivity (Wildman–Crippen MR) is 286 cm³/mol. The number of ether oxygens (including phenoxy) is 3. The van der Waals surface area contributed by atoms with Crippen LogP contribution in [-0.2, 0) is 83.6 Å². The Balaban J connectivity index is 0.745. The summed E-state index contributed by atoms with van der Waals surface area (Å²) in [6.07, 6.45) is 0.558. The third-order valence-electron chi connectivity index (χ3n) is 16.4. The van der Waals surface area contributed by atoms with Gasteiger partial charge in [0.25, 0.3) is 5.97 Å². The average Bonchev–Trinajstić information content (AvgIpc) is 3.29. The van der Waals surface area contributed by atoms with E-state index in [0.717, 1.165) is 11.1 Å². The molecule has 8 rings (SSSR count). The molecule has 27 nitrogen and oxygen atoms in total. The minimum absolute atomic E-state index is 0.0629. The van der Waals surface area contributed by atoms with Gasteiger partial charge in [-0.2, -0.15) is 0 Å². The second-order valence-corrected chi connectivity index (χ2v) is 25.2. The highest BCUT2D eigenvalue weighted by Gasteiger charge is 2.77. The number of hydrogen-bond acceptors (Lipinski definition) is 19. The number of amides is 7. The van der Waals surface area contributed by atoms with Crippen molar-refractivity contribution < 1.29 is 80.2 Å². The van der Waals surface area contributed by atoms with Crippen LogP contribution in [0.3, 0.4) is 0 Å². The van der Waals surface area contributed by atoms with Crippen molar-refractivity contribution >= 4 is 85.4 Å². The van der Waals surface area contributed by atoms with Crippen molar-refractivity contribution in [3.05, 3.63) is 29.3 Å². The molecule has 3 unspecified atom stereocenters. The van der Waals surface area contributed by atoms with E-state index in [1.165, 1.54) is 9.80 Å². The van der Waals surface area contributed by atoms with Gasteiger partial charge in [0, 0.05) is 65.0 Å². The lowest BCUT2D eigenvalue weighted by Gasteiger charge is -2.36. The number of morpholine rings is 1. The number of carboxylic acids is 1. The molecule has 82 heavy (non-hydrogen) atoms. The molecule has 0 radical (unpaired) electrons. The number of cyclic esters (lactones) is 1. The summed E-state index contributed by atoms with van der Waals surface area (Å²) in [5.41, 5.74) is 2.23. The quantitative estimate of drug-likeness (QED) is 0.0251. The largest absolute Gasteiger partial charge is 0.661 e. The number of para-hydroxylation sites is 1. The highest BCUT2D eigenvalue weighted by atomic mass is 27.2. The molecule has 2 bridgehead atoms. The molecule has 7 aliphatic rings. The molecule has 7 amide bonds. The lowest BCUT2D eigenvalue weighted by atomic mass is 9.96. The molecule has 10 atom stereocenters. The molecule has 29 heteroatoms. The molecule has 0 spiro atoms. The zero-order valence-corrected chi connectivity index (χ0v) is 47.6. The first-order valence-corrected chi connectivity index (χ1v) is 30.0. The second kappa shape index (κ2) is 27.4. The number of rotatable bonds is 26. The summed E-state index contributed by atoms with van der Waals surface area (Å²) in [6, 6.07) is 0.499.